The van der Waals surface area contributed by atoms with Gasteiger partial charge in [-0.05, 0) is 61.5 Å². The second-order valence-electron chi connectivity index (χ2n) is 7.05. The SMILES string of the molecule is CC1=NN(c2cccc(Cl)c2)C(Sc2ccc(F)cc2)C1/C=N/OC(=O)c1ccccc1. The predicted molar refractivity (Wildman–Crippen MR) is 127 cm³/mol. The Hall–Kier alpha value is -3.16. The fourth-order valence-electron chi connectivity index (χ4n) is 3.20. The van der Waals surface area contributed by atoms with E-state index in [0.29, 0.717) is 10.6 Å². The van der Waals surface area contributed by atoms with E-state index in [9.17, 15) is 9.18 Å². The highest BCUT2D eigenvalue weighted by atomic mass is 35.5. The molecule has 1 aliphatic heterocycles. The van der Waals surface area contributed by atoms with E-state index >= 15 is 0 Å². The van der Waals surface area contributed by atoms with Crippen molar-refractivity contribution in [2.45, 2.75) is 17.2 Å². The monoisotopic (exact) mass is 467 g/mol. The number of carbonyl (C=O) groups is 1. The molecule has 3 aromatic rings. The quantitative estimate of drug-likeness (QED) is 0.244. The molecular formula is C24H19ClFN3O2S. The smallest absolute Gasteiger partial charge is 0.313 e. The Labute approximate surface area is 194 Å². The van der Waals surface area contributed by atoms with Crippen LogP contribution >= 0.6 is 23.4 Å². The topological polar surface area (TPSA) is 54.3 Å². The Balaban J connectivity index is 1.57. The van der Waals surface area contributed by atoms with Crippen LogP contribution in [0.1, 0.15) is 17.3 Å². The third-order valence-corrected chi connectivity index (χ3v) is 6.32. The zero-order chi connectivity index (χ0) is 22.5. The first kappa shape index (κ1) is 22.0. The maximum Gasteiger partial charge on any atom is 0.365 e. The summed E-state index contributed by atoms with van der Waals surface area (Å²) in [7, 11) is 0. The van der Waals surface area contributed by atoms with Crippen LogP contribution in [0.15, 0.2) is 94.0 Å². The molecule has 2 atom stereocenters. The van der Waals surface area contributed by atoms with Crippen molar-refractivity contribution in [2.24, 2.45) is 16.2 Å². The van der Waals surface area contributed by atoms with Gasteiger partial charge in [-0.1, -0.05) is 52.8 Å². The Morgan fingerprint density at radius 2 is 1.88 bits per heavy atom. The van der Waals surface area contributed by atoms with Gasteiger partial charge in [-0.2, -0.15) is 5.10 Å². The molecule has 5 nitrogen and oxygen atoms in total. The Kier molecular flexibility index (Phi) is 6.87. The molecule has 0 aliphatic carbocycles. The molecule has 1 aliphatic rings. The Bertz CT molecular complexity index is 1160. The molecule has 4 rings (SSSR count). The van der Waals surface area contributed by atoms with Crippen LogP contribution in [-0.2, 0) is 4.84 Å². The fourth-order valence-corrected chi connectivity index (χ4v) is 4.64. The van der Waals surface area contributed by atoms with Crippen molar-refractivity contribution in [1.29, 1.82) is 0 Å². The lowest BCUT2D eigenvalue weighted by Gasteiger charge is -2.26. The van der Waals surface area contributed by atoms with Crippen molar-refractivity contribution < 1.29 is 14.0 Å². The lowest BCUT2D eigenvalue weighted by Crippen LogP contribution is -2.31. The number of oxime groups is 1. The molecule has 0 bridgehead atoms. The van der Waals surface area contributed by atoms with Crippen LogP contribution in [0, 0.1) is 11.7 Å². The summed E-state index contributed by atoms with van der Waals surface area (Å²) < 4.78 is 13.4. The van der Waals surface area contributed by atoms with Crippen LogP contribution in [0.5, 0.6) is 0 Å². The van der Waals surface area contributed by atoms with Crippen LogP contribution in [0.3, 0.4) is 0 Å². The molecule has 8 heteroatoms. The summed E-state index contributed by atoms with van der Waals surface area (Å²) in [5.41, 5.74) is 2.02. The van der Waals surface area contributed by atoms with Gasteiger partial charge in [0.25, 0.3) is 0 Å². The third-order valence-electron chi connectivity index (χ3n) is 4.81. The fraction of sp³-hybridized carbons (Fsp3) is 0.125. The number of carbonyl (C=O) groups excluding carboxylic acids is 1. The number of hydrogen-bond donors (Lipinski definition) is 0. The van der Waals surface area contributed by atoms with Crippen molar-refractivity contribution in [3.8, 4) is 0 Å². The molecule has 0 aromatic heterocycles. The van der Waals surface area contributed by atoms with E-state index in [1.807, 2.05) is 36.2 Å². The van der Waals surface area contributed by atoms with Crippen LogP contribution in [-0.4, -0.2) is 23.3 Å². The number of hydrazone groups is 1. The molecule has 3 aromatic carbocycles. The average Bonchev–Trinajstić information content (AvgIpc) is 3.11. The van der Waals surface area contributed by atoms with Crippen LogP contribution in [0.2, 0.25) is 5.02 Å². The standard InChI is InChI=1S/C24H19ClFN3O2S/c1-16-22(15-27-31-24(30)17-6-3-2-4-7-17)23(32-21-12-10-19(26)11-13-21)29(28-16)20-9-5-8-18(25)14-20/h2-15,22-23H,1H3/b27-15+. The predicted octanol–water partition coefficient (Wildman–Crippen LogP) is 6.25. The largest absolute Gasteiger partial charge is 0.365 e. The van der Waals surface area contributed by atoms with Crippen LogP contribution < -0.4 is 5.01 Å². The van der Waals surface area contributed by atoms with Crippen molar-refractivity contribution in [2.75, 3.05) is 5.01 Å². The molecule has 1 heterocycles. The molecular weight excluding hydrogens is 449 g/mol. The molecule has 0 amide bonds. The van der Waals surface area contributed by atoms with Crippen molar-refractivity contribution >= 4 is 46.9 Å². The lowest BCUT2D eigenvalue weighted by molar-refractivity contribution is 0.0517. The van der Waals surface area contributed by atoms with E-state index < -0.39 is 5.97 Å². The minimum Gasteiger partial charge on any atom is -0.313 e. The van der Waals surface area contributed by atoms with Gasteiger partial charge < -0.3 is 4.84 Å². The second kappa shape index (κ2) is 9.97. The van der Waals surface area contributed by atoms with E-state index in [1.54, 1.807) is 48.7 Å². The summed E-state index contributed by atoms with van der Waals surface area (Å²) in [6, 6.07) is 22.3. The molecule has 0 N–H and O–H groups in total. The zero-order valence-corrected chi connectivity index (χ0v) is 18.6. The number of benzene rings is 3. The van der Waals surface area contributed by atoms with Gasteiger partial charge in [-0.3, -0.25) is 5.01 Å². The van der Waals surface area contributed by atoms with Crippen LogP contribution in [0.4, 0.5) is 10.1 Å². The van der Waals surface area contributed by atoms with E-state index in [4.69, 9.17) is 21.5 Å². The van der Waals surface area contributed by atoms with Gasteiger partial charge in [0, 0.05) is 15.6 Å². The third kappa shape index (κ3) is 5.18. The number of hydrogen-bond acceptors (Lipinski definition) is 6. The summed E-state index contributed by atoms with van der Waals surface area (Å²) in [4.78, 5) is 18.2. The van der Waals surface area contributed by atoms with Gasteiger partial charge in [0.05, 0.1) is 23.4 Å². The van der Waals surface area contributed by atoms with Crippen LogP contribution in [0.25, 0.3) is 0 Å². The first-order chi connectivity index (χ1) is 15.5. The highest BCUT2D eigenvalue weighted by Crippen LogP contribution is 2.38. The van der Waals surface area contributed by atoms with Crippen molar-refractivity contribution in [1.82, 2.24) is 0 Å². The van der Waals surface area contributed by atoms with Gasteiger partial charge in [0.1, 0.15) is 11.2 Å². The number of anilines is 1. The van der Waals surface area contributed by atoms with Gasteiger partial charge in [-0.15, -0.1) is 0 Å². The van der Waals surface area contributed by atoms with Crippen molar-refractivity contribution in [3.05, 3.63) is 95.3 Å². The number of rotatable bonds is 6. The van der Waals surface area contributed by atoms with Gasteiger partial charge in [0.2, 0.25) is 0 Å². The summed E-state index contributed by atoms with van der Waals surface area (Å²) in [6.07, 6.45) is 1.57. The minimum atomic E-state index is -0.538. The minimum absolute atomic E-state index is 0.238. The summed E-state index contributed by atoms with van der Waals surface area (Å²) in [6.45, 7) is 1.89. The molecule has 0 fully saturated rings. The van der Waals surface area contributed by atoms with Crippen molar-refractivity contribution in [3.63, 3.8) is 0 Å². The van der Waals surface area contributed by atoms with Gasteiger partial charge in [-0.25, -0.2) is 9.18 Å². The number of nitrogens with zero attached hydrogens (tertiary/aromatic N) is 3. The Morgan fingerprint density at radius 1 is 1.12 bits per heavy atom. The number of thioether (sulfide) groups is 1. The van der Waals surface area contributed by atoms with E-state index in [2.05, 4.69) is 5.16 Å². The van der Waals surface area contributed by atoms with Gasteiger partial charge >= 0.3 is 5.97 Å². The number of halogens is 2. The maximum atomic E-state index is 13.4. The average molecular weight is 468 g/mol. The highest BCUT2D eigenvalue weighted by molar-refractivity contribution is 8.00. The lowest BCUT2D eigenvalue weighted by atomic mass is 10.1. The molecule has 162 valence electrons. The van der Waals surface area contributed by atoms with E-state index in [-0.39, 0.29) is 17.1 Å². The van der Waals surface area contributed by atoms with E-state index in [1.165, 1.54) is 23.9 Å². The summed E-state index contributed by atoms with van der Waals surface area (Å²) >= 11 is 7.70. The molecule has 0 radical (unpaired) electrons. The second-order valence-corrected chi connectivity index (χ2v) is 8.68. The molecule has 32 heavy (non-hydrogen) atoms. The Morgan fingerprint density at radius 3 is 2.59 bits per heavy atom. The zero-order valence-electron chi connectivity index (χ0n) is 17.1. The molecule has 0 saturated carbocycles. The molecule has 0 saturated heterocycles. The summed E-state index contributed by atoms with van der Waals surface area (Å²) in [5, 5.41) is 10.9. The first-order valence-corrected chi connectivity index (χ1v) is 11.1. The molecule has 0 spiro atoms. The molecule has 2 unspecified atom stereocenters. The maximum absolute atomic E-state index is 13.4. The van der Waals surface area contributed by atoms with E-state index in [0.717, 1.165) is 16.3 Å². The first-order valence-electron chi connectivity index (χ1n) is 9.83. The normalized spacial score (nSPS) is 18.1. The van der Waals surface area contributed by atoms with Gasteiger partial charge in [0.15, 0.2) is 0 Å². The summed E-state index contributed by atoms with van der Waals surface area (Å²) in [5.74, 6) is -1.10. The highest BCUT2D eigenvalue weighted by Gasteiger charge is 2.36.